The molecule has 0 fully saturated rings. The lowest BCUT2D eigenvalue weighted by atomic mass is 9.36. The summed E-state index contributed by atoms with van der Waals surface area (Å²) < 4.78 is 2.69. The van der Waals surface area contributed by atoms with Crippen LogP contribution in [0.1, 0.15) is 118 Å². The fourth-order valence-corrected chi connectivity index (χ4v) is 14.2. The quantitative estimate of drug-likeness (QED) is 0.116. The Balaban J connectivity index is 1.18. The molecule has 11 aromatic rings. The van der Waals surface area contributed by atoms with Gasteiger partial charge in [0.2, 0.25) is 0 Å². The van der Waals surface area contributed by atoms with E-state index in [1.165, 1.54) is 120 Å². The van der Waals surface area contributed by atoms with Crippen molar-refractivity contribution < 1.29 is 0 Å². The van der Waals surface area contributed by atoms with Crippen LogP contribution in [0.5, 0.6) is 0 Å². The van der Waals surface area contributed by atoms with E-state index in [0.717, 1.165) is 23.5 Å². The predicted octanol–water partition coefficient (Wildman–Crippen LogP) is 20.2. The molecule has 0 atom stereocenters. The molecule has 0 spiro atoms. The number of benzene rings is 10. The van der Waals surface area contributed by atoms with Crippen LogP contribution in [0.15, 0.2) is 200 Å². The summed E-state index contributed by atoms with van der Waals surface area (Å²) in [4.78, 5) is 7.85. The molecule has 2 aliphatic rings. The van der Waals surface area contributed by atoms with E-state index in [4.69, 9.17) is 0 Å². The summed E-state index contributed by atoms with van der Waals surface area (Å²) in [5.41, 5.74) is 22.3. The zero-order chi connectivity index (χ0) is 56.5. The Bertz CT molecular complexity index is 4180. The first-order valence-electron chi connectivity index (χ1n) is 29.3. The van der Waals surface area contributed by atoms with E-state index in [0.29, 0.717) is 0 Å². The van der Waals surface area contributed by atoms with Crippen molar-refractivity contribution in [3.63, 3.8) is 0 Å². The standard InChI is InChI=1S/C76H74BN3S/c1-14-48-44-65-69-66(45-48)80(70-61-27-21-19-25-59(61)58-24-18-20-26-60(58)68(70)49-22-16-15-17-23-49)64-47-57(78(54-35-28-50(29-36-54)73(2,3)4)55-37-30-51(31-38-55)74(5,6)7)41-42-63(64)77(69)72-71(62-46-53(76(11,12)13)34-43-67(62)81-72)79(65)56-39-32-52(33-40-56)75(8,9)10/h15-47H,14H2,1-13H3. The van der Waals surface area contributed by atoms with Gasteiger partial charge in [-0.15, -0.1) is 11.3 Å². The molecule has 0 unspecified atom stereocenters. The summed E-state index contributed by atoms with van der Waals surface area (Å²) in [6, 6.07) is 77.3. The predicted molar refractivity (Wildman–Crippen MR) is 355 cm³/mol. The van der Waals surface area contributed by atoms with Crippen molar-refractivity contribution in [2.24, 2.45) is 0 Å². The van der Waals surface area contributed by atoms with Crippen molar-refractivity contribution in [2.45, 2.75) is 118 Å². The number of fused-ring (bicyclic) bond motifs is 9. The van der Waals surface area contributed by atoms with Crippen LogP contribution in [0.4, 0.5) is 51.2 Å². The molecule has 0 saturated carbocycles. The number of hydrogen-bond donors (Lipinski definition) is 0. The molecule has 3 nitrogen and oxygen atoms in total. The van der Waals surface area contributed by atoms with Gasteiger partial charge in [-0.3, -0.25) is 0 Å². The van der Waals surface area contributed by atoms with Crippen molar-refractivity contribution in [2.75, 3.05) is 14.7 Å². The fourth-order valence-electron chi connectivity index (χ4n) is 12.9. The van der Waals surface area contributed by atoms with E-state index >= 15 is 0 Å². The Hall–Kier alpha value is -7.86. The molecule has 0 bridgehead atoms. The van der Waals surface area contributed by atoms with Gasteiger partial charge >= 0.3 is 0 Å². The average Bonchev–Trinajstić information content (AvgIpc) is 4.10. The second-order valence-corrected chi connectivity index (χ2v) is 28.0. The van der Waals surface area contributed by atoms with Gasteiger partial charge in [0.15, 0.2) is 0 Å². The van der Waals surface area contributed by atoms with E-state index in [9.17, 15) is 0 Å². The topological polar surface area (TPSA) is 9.72 Å². The van der Waals surface area contributed by atoms with Crippen LogP contribution < -0.4 is 30.4 Å². The third kappa shape index (κ3) is 8.86. The van der Waals surface area contributed by atoms with Gasteiger partial charge in [-0.1, -0.05) is 217 Å². The average molecular weight is 1070 g/mol. The summed E-state index contributed by atoms with van der Waals surface area (Å²) in [6.07, 6.45) is 0.876. The number of anilines is 9. The molecule has 0 aliphatic carbocycles. The molecule has 0 N–H and O–H groups in total. The van der Waals surface area contributed by atoms with E-state index in [-0.39, 0.29) is 28.4 Å². The Morgan fingerprint density at radius 2 is 0.889 bits per heavy atom. The lowest BCUT2D eigenvalue weighted by Gasteiger charge is -2.44. The molecule has 10 aromatic carbocycles. The van der Waals surface area contributed by atoms with Gasteiger partial charge in [0.25, 0.3) is 6.71 Å². The summed E-state index contributed by atoms with van der Waals surface area (Å²) in [6.45, 7) is 30.0. The highest BCUT2D eigenvalue weighted by molar-refractivity contribution is 7.33. The lowest BCUT2D eigenvalue weighted by molar-refractivity contribution is 0.590. The van der Waals surface area contributed by atoms with Crippen molar-refractivity contribution in [1.29, 1.82) is 0 Å². The van der Waals surface area contributed by atoms with Gasteiger partial charge in [0, 0.05) is 65.6 Å². The first-order valence-corrected chi connectivity index (χ1v) is 30.1. The zero-order valence-corrected chi connectivity index (χ0v) is 50.4. The summed E-state index contributed by atoms with van der Waals surface area (Å²) >= 11 is 1.98. The molecule has 3 heterocycles. The molecule has 2 aliphatic heterocycles. The van der Waals surface area contributed by atoms with E-state index in [1.807, 2.05) is 11.3 Å². The molecule has 402 valence electrons. The maximum absolute atomic E-state index is 2.71. The maximum Gasteiger partial charge on any atom is 0.264 e. The highest BCUT2D eigenvalue weighted by Crippen LogP contribution is 2.54. The van der Waals surface area contributed by atoms with Gasteiger partial charge in [-0.05, 0) is 161 Å². The second kappa shape index (κ2) is 19.1. The SMILES string of the molecule is CCc1cc2c3c(c1)N(c1c(-c4ccccc4)c4ccccc4c4ccccc14)c1cc(N(c4ccc(C(C)(C)C)cc4)c4ccc(C(C)(C)C)cc4)ccc1B3c1sc3ccc(C(C)(C)C)cc3c1N2c1ccc(C(C)(C)C)cc1. The van der Waals surface area contributed by atoms with Gasteiger partial charge in [0.1, 0.15) is 0 Å². The number of aryl methyl sites for hydroxylation is 1. The molecular weight excluding hydrogens is 998 g/mol. The largest absolute Gasteiger partial charge is 0.310 e. The van der Waals surface area contributed by atoms with Gasteiger partial charge < -0.3 is 14.7 Å². The van der Waals surface area contributed by atoms with Crippen molar-refractivity contribution in [3.05, 3.63) is 228 Å². The van der Waals surface area contributed by atoms with Crippen LogP contribution in [0.25, 0.3) is 42.8 Å². The first-order chi connectivity index (χ1) is 38.7. The maximum atomic E-state index is 2.71. The third-order valence-corrected chi connectivity index (χ3v) is 18.6. The van der Waals surface area contributed by atoms with E-state index in [1.54, 1.807) is 0 Å². The molecule has 0 radical (unpaired) electrons. The van der Waals surface area contributed by atoms with Gasteiger partial charge in [-0.25, -0.2) is 0 Å². The van der Waals surface area contributed by atoms with E-state index < -0.39 is 0 Å². The summed E-state index contributed by atoms with van der Waals surface area (Å²) in [5, 5.41) is 6.26. The molecule has 81 heavy (non-hydrogen) atoms. The minimum Gasteiger partial charge on any atom is -0.310 e. The van der Waals surface area contributed by atoms with Crippen LogP contribution in [-0.2, 0) is 28.1 Å². The molecule has 0 saturated heterocycles. The minimum absolute atomic E-state index is 0.0118. The highest BCUT2D eigenvalue weighted by Gasteiger charge is 2.47. The Morgan fingerprint density at radius 1 is 0.407 bits per heavy atom. The molecule has 0 amide bonds. The Kier molecular flexibility index (Phi) is 12.4. The highest BCUT2D eigenvalue weighted by atomic mass is 32.1. The summed E-state index contributed by atoms with van der Waals surface area (Å²) in [5.74, 6) is 0. The van der Waals surface area contributed by atoms with Crippen LogP contribution in [0, 0.1) is 0 Å². The Labute approximate surface area is 485 Å². The summed E-state index contributed by atoms with van der Waals surface area (Å²) in [7, 11) is 0. The lowest BCUT2D eigenvalue weighted by Crippen LogP contribution is -2.60. The Morgan fingerprint density at radius 3 is 1.44 bits per heavy atom. The van der Waals surface area contributed by atoms with Crippen LogP contribution >= 0.6 is 11.3 Å². The smallest absolute Gasteiger partial charge is 0.264 e. The van der Waals surface area contributed by atoms with Gasteiger partial charge in [-0.2, -0.15) is 0 Å². The second-order valence-electron chi connectivity index (χ2n) is 26.9. The van der Waals surface area contributed by atoms with Crippen molar-refractivity contribution in [3.8, 4) is 11.1 Å². The third-order valence-electron chi connectivity index (χ3n) is 17.4. The van der Waals surface area contributed by atoms with Crippen molar-refractivity contribution >= 4 is 117 Å². The number of nitrogens with zero attached hydrogens (tertiary/aromatic N) is 3. The molecular formula is C76H74BN3S. The zero-order valence-electron chi connectivity index (χ0n) is 49.6. The molecule has 1 aromatic heterocycles. The van der Waals surface area contributed by atoms with Crippen LogP contribution in [0.3, 0.4) is 0 Å². The molecule has 13 rings (SSSR count). The normalized spacial score (nSPS) is 13.5. The van der Waals surface area contributed by atoms with Crippen LogP contribution in [0.2, 0.25) is 0 Å². The van der Waals surface area contributed by atoms with Crippen LogP contribution in [-0.4, -0.2) is 6.71 Å². The molecule has 5 heteroatoms. The number of thiophene rings is 1. The van der Waals surface area contributed by atoms with E-state index in [2.05, 4.69) is 305 Å². The number of rotatable bonds is 7. The van der Waals surface area contributed by atoms with Crippen molar-refractivity contribution in [1.82, 2.24) is 0 Å². The monoisotopic (exact) mass is 1070 g/mol. The first kappa shape index (κ1) is 52.5. The number of hydrogen-bond acceptors (Lipinski definition) is 4. The minimum atomic E-state index is -0.0609. The fraction of sp³-hybridized carbons (Fsp3) is 0.237. The van der Waals surface area contributed by atoms with Gasteiger partial charge in [0.05, 0.1) is 11.4 Å².